The highest BCUT2D eigenvalue weighted by atomic mass is 35.5. The summed E-state index contributed by atoms with van der Waals surface area (Å²) in [5.74, 6) is 0.600. The number of ether oxygens (including phenoxy) is 1. The van der Waals surface area contributed by atoms with Gasteiger partial charge in [-0.1, -0.05) is 38.1 Å². The van der Waals surface area contributed by atoms with Crippen LogP contribution in [0.2, 0.25) is 0 Å². The molecule has 1 atom stereocenters. The molecule has 0 saturated carbocycles. The van der Waals surface area contributed by atoms with Gasteiger partial charge in [0.25, 0.3) is 0 Å². The van der Waals surface area contributed by atoms with Crippen LogP contribution in [0.4, 0.5) is 0 Å². The van der Waals surface area contributed by atoms with Gasteiger partial charge in [0.1, 0.15) is 0 Å². The van der Waals surface area contributed by atoms with Crippen LogP contribution >= 0.6 is 11.6 Å². The fourth-order valence-corrected chi connectivity index (χ4v) is 1.89. The zero-order chi connectivity index (χ0) is 12.0. The Morgan fingerprint density at radius 2 is 1.81 bits per heavy atom. The van der Waals surface area contributed by atoms with Crippen molar-refractivity contribution < 1.29 is 4.74 Å². The van der Waals surface area contributed by atoms with Crippen LogP contribution in [0, 0.1) is 0 Å². The maximum Gasteiger partial charge on any atom is 0.0626 e. The molecule has 0 fully saturated rings. The van der Waals surface area contributed by atoms with Crippen LogP contribution in [-0.4, -0.2) is 19.1 Å². The molecule has 2 heteroatoms. The molecule has 0 saturated heterocycles. The summed E-state index contributed by atoms with van der Waals surface area (Å²) in [5.41, 5.74) is 2.74. The molecule has 0 aliphatic carbocycles. The summed E-state index contributed by atoms with van der Waals surface area (Å²) < 4.78 is 5.01. The minimum absolute atomic E-state index is 0.120. The number of hydrogen-bond acceptors (Lipinski definition) is 1. The number of alkyl halides is 1. The molecule has 0 N–H and O–H groups in total. The van der Waals surface area contributed by atoms with Gasteiger partial charge >= 0.3 is 0 Å². The molecular weight excluding hydrogens is 220 g/mol. The van der Waals surface area contributed by atoms with E-state index in [2.05, 4.69) is 38.1 Å². The van der Waals surface area contributed by atoms with Crippen LogP contribution in [0.25, 0.3) is 0 Å². The Morgan fingerprint density at radius 3 is 2.31 bits per heavy atom. The van der Waals surface area contributed by atoms with Crippen molar-refractivity contribution in [2.45, 2.75) is 38.0 Å². The van der Waals surface area contributed by atoms with Gasteiger partial charge in [0, 0.05) is 7.11 Å². The molecule has 1 unspecified atom stereocenters. The molecule has 0 aromatic heterocycles. The van der Waals surface area contributed by atoms with E-state index in [1.54, 1.807) is 7.11 Å². The SMILES string of the molecule is COCC(Cl)CCc1ccc(C(C)C)cc1. The van der Waals surface area contributed by atoms with Crippen molar-refractivity contribution in [1.82, 2.24) is 0 Å². The Kier molecular flexibility index (Phi) is 5.86. The molecule has 0 aliphatic heterocycles. The van der Waals surface area contributed by atoms with Crippen molar-refractivity contribution >= 4 is 11.6 Å². The van der Waals surface area contributed by atoms with E-state index < -0.39 is 0 Å². The first kappa shape index (κ1) is 13.5. The second kappa shape index (κ2) is 6.93. The van der Waals surface area contributed by atoms with Gasteiger partial charge < -0.3 is 4.74 Å². The zero-order valence-electron chi connectivity index (χ0n) is 10.4. The monoisotopic (exact) mass is 240 g/mol. The van der Waals surface area contributed by atoms with E-state index in [1.165, 1.54) is 11.1 Å². The molecule has 1 nitrogen and oxygen atoms in total. The molecule has 0 spiro atoms. The van der Waals surface area contributed by atoms with Gasteiger partial charge in [-0.25, -0.2) is 0 Å². The van der Waals surface area contributed by atoms with Gasteiger partial charge in [-0.15, -0.1) is 11.6 Å². The summed E-state index contributed by atoms with van der Waals surface area (Å²) in [6, 6.07) is 8.82. The minimum atomic E-state index is 0.120. The van der Waals surface area contributed by atoms with Crippen LogP contribution in [0.1, 0.15) is 37.3 Å². The smallest absolute Gasteiger partial charge is 0.0626 e. The van der Waals surface area contributed by atoms with Gasteiger partial charge in [-0.2, -0.15) is 0 Å². The molecule has 1 aromatic carbocycles. The number of benzene rings is 1. The molecule has 1 aromatic rings. The molecule has 0 heterocycles. The lowest BCUT2D eigenvalue weighted by molar-refractivity contribution is 0.195. The van der Waals surface area contributed by atoms with Crippen molar-refractivity contribution in [1.29, 1.82) is 0 Å². The molecule has 0 aliphatic rings. The number of aryl methyl sites for hydroxylation is 1. The second-order valence-corrected chi connectivity index (χ2v) is 5.10. The lowest BCUT2D eigenvalue weighted by atomic mass is 10.00. The molecule has 1 rings (SSSR count). The third-order valence-corrected chi connectivity index (χ3v) is 3.08. The Labute approximate surface area is 104 Å². The first-order valence-electron chi connectivity index (χ1n) is 5.85. The normalized spacial score (nSPS) is 13.1. The fraction of sp³-hybridized carbons (Fsp3) is 0.571. The summed E-state index contributed by atoms with van der Waals surface area (Å²) >= 11 is 6.09. The van der Waals surface area contributed by atoms with Crippen molar-refractivity contribution in [3.05, 3.63) is 35.4 Å². The number of rotatable bonds is 6. The van der Waals surface area contributed by atoms with E-state index in [0.717, 1.165) is 12.8 Å². The van der Waals surface area contributed by atoms with Crippen molar-refractivity contribution in [2.75, 3.05) is 13.7 Å². The van der Waals surface area contributed by atoms with Gasteiger partial charge in [0.05, 0.1) is 12.0 Å². The van der Waals surface area contributed by atoms with Crippen LogP contribution in [0.15, 0.2) is 24.3 Å². The highest BCUT2D eigenvalue weighted by Gasteiger charge is 2.04. The Balaban J connectivity index is 2.43. The van der Waals surface area contributed by atoms with Crippen molar-refractivity contribution in [2.24, 2.45) is 0 Å². The molecular formula is C14H21ClO. The summed E-state index contributed by atoms with van der Waals surface area (Å²) in [6.07, 6.45) is 1.99. The topological polar surface area (TPSA) is 9.23 Å². The molecule has 0 amide bonds. The number of methoxy groups -OCH3 is 1. The fourth-order valence-electron chi connectivity index (χ4n) is 1.66. The van der Waals surface area contributed by atoms with Crippen molar-refractivity contribution in [3.8, 4) is 0 Å². The van der Waals surface area contributed by atoms with Gasteiger partial charge in [-0.3, -0.25) is 0 Å². The largest absolute Gasteiger partial charge is 0.383 e. The molecule has 90 valence electrons. The van der Waals surface area contributed by atoms with Crippen LogP contribution in [0.5, 0.6) is 0 Å². The Bertz CT molecular complexity index is 292. The van der Waals surface area contributed by atoms with E-state index >= 15 is 0 Å². The predicted molar refractivity (Wildman–Crippen MR) is 70.4 cm³/mol. The average molecular weight is 241 g/mol. The molecule has 0 bridgehead atoms. The third kappa shape index (κ3) is 4.54. The first-order chi connectivity index (χ1) is 7.63. The molecule has 0 radical (unpaired) electrons. The van der Waals surface area contributed by atoms with Crippen LogP contribution in [-0.2, 0) is 11.2 Å². The number of hydrogen-bond donors (Lipinski definition) is 0. The van der Waals surface area contributed by atoms with E-state index in [1.807, 2.05) is 0 Å². The first-order valence-corrected chi connectivity index (χ1v) is 6.29. The van der Waals surface area contributed by atoms with Gasteiger partial charge in [0.15, 0.2) is 0 Å². The lowest BCUT2D eigenvalue weighted by Gasteiger charge is -2.09. The summed E-state index contributed by atoms with van der Waals surface area (Å²) in [7, 11) is 1.69. The summed E-state index contributed by atoms with van der Waals surface area (Å²) in [6.45, 7) is 5.05. The summed E-state index contributed by atoms with van der Waals surface area (Å²) in [5, 5.41) is 0.120. The lowest BCUT2D eigenvalue weighted by Crippen LogP contribution is -2.08. The third-order valence-electron chi connectivity index (χ3n) is 2.74. The van der Waals surface area contributed by atoms with E-state index in [0.29, 0.717) is 12.5 Å². The van der Waals surface area contributed by atoms with Gasteiger partial charge in [0.2, 0.25) is 0 Å². The maximum absolute atomic E-state index is 6.09. The Morgan fingerprint density at radius 1 is 1.19 bits per heavy atom. The summed E-state index contributed by atoms with van der Waals surface area (Å²) in [4.78, 5) is 0. The van der Waals surface area contributed by atoms with E-state index in [-0.39, 0.29) is 5.38 Å². The highest BCUT2D eigenvalue weighted by molar-refractivity contribution is 6.20. The van der Waals surface area contributed by atoms with E-state index in [4.69, 9.17) is 16.3 Å². The van der Waals surface area contributed by atoms with Gasteiger partial charge in [-0.05, 0) is 29.9 Å². The standard InChI is InChI=1S/C14H21ClO/c1-11(2)13-7-4-12(5-8-13)6-9-14(15)10-16-3/h4-5,7-8,11,14H,6,9-10H2,1-3H3. The zero-order valence-corrected chi connectivity index (χ0v) is 11.1. The minimum Gasteiger partial charge on any atom is -0.383 e. The quantitative estimate of drug-likeness (QED) is 0.683. The molecule has 16 heavy (non-hydrogen) atoms. The average Bonchev–Trinajstić information content (AvgIpc) is 2.27. The highest BCUT2D eigenvalue weighted by Crippen LogP contribution is 2.16. The maximum atomic E-state index is 6.09. The Hall–Kier alpha value is -0.530. The second-order valence-electron chi connectivity index (χ2n) is 4.49. The van der Waals surface area contributed by atoms with E-state index in [9.17, 15) is 0 Å². The predicted octanol–water partition coefficient (Wildman–Crippen LogP) is 4.00. The van der Waals surface area contributed by atoms with Crippen molar-refractivity contribution in [3.63, 3.8) is 0 Å². The van der Waals surface area contributed by atoms with Crippen LogP contribution < -0.4 is 0 Å². The van der Waals surface area contributed by atoms with Crippen LogP contribution in [0.3, 0.4) is 0 Å². The number of halogens is 1.